The first-order chi connectivity index (χ1) is 9.92. The quantitative estimate of drug-likeness (QED) is 0.526. The van der Waals surface area contributed by atoms with Crippen LogP contribution in [-0.4, -0.2) is 52.3 Å². The van der Waals surface area contributed by atoms with Gasteiger partial charge in [0.15, 0.2) is 0 Å². The van der Waals surface area contributed by atoms with Gasteiger partial charge < -0.3 is 10.1 Å². The van der Waals surface area contributed by atoms with Crippen molar-refractivity contribution in [3.8, 4) is 0 Å². The number of tetrazole rings is 1. The summed E-state index contributed by atoms with van der Waals surface area (Å²) in [6, 6.07) is 0.520. The Morgan fingerprint density at radius 3 is 3.00 bits per heavy atom. The average molecular weight is 299 g/mol. The molecule has 1 saturated carbocycles. The van der Waals surface area contributed by atoms with Crippen molar-refractivity contribution in [3.63, 3.8) is 0 Å². The highest BCUT2D eigenvalue weighted by Gasteiger charge is 2.21. The molecule has 1 aromatic heterocycles. The number of aromatic nitrogens is 4. The van der Waals surface area contributed by atoms with Gasteiger partial charge in [0.1, 0.15) is 0 Å². The van der Waals surface area contributed by atoms with Crippen molar-refractivity contribution in [2.75, 3.05) is 32.1 Å². The second-order valence-electron chi connectivity index (χ2n) is 4.99. The van der Waals surface area contributed by atoms with Gasteiger partial charge in [0.2, 0.25) is 5.16 Å². The summed E-state index contributed by atoms with van der Waals surface area (Å²) in [5, 5.41) is 16.5. The molecule has 6 nitrogen and oxygen atoms in total. The Morgan fingerprint density at radius 1 is 1.35 bits per heavy atom. The maximum Gasteiger partial charge on any atom is 0.209 e. The van der Waals surface area contributed by atoms with Crippen LogP contribution >= 0.6 is 11.8 Å². The van der Waals surface area contributed by atoms with Crippen LogP contribution in [0.5, 0.6) is 0 Å². The van der Waals surface area contributed by atoms with Gasteiger partial charge in [-0.3, -0.25) is 0 Å². The van der Waals surface area contributed by atoms with E-state index in [0.717, 1.165) is 43.6 Å². The molecule has 0 bridgehead atoms. The van der Waals surface area contributed by atoms with Crippen molar-refractivity contribution >= 4 is 11.8 Å². The van der Waals surface area contributed by atoms with E-state index in [0.29, 0.717) is 6.04 Å². The molecule has 0 radical (unpaired) electrons. The molecule has 20 heavy (non-hydrogen) atoms. The van der Waals surface area contributed by atoms with Gasteiger partial charge >= 0.3 is 0 Å². The van der Waals surface area contributed by atoms with E-state index in [2.05, 4.69) is 20.8 Å². The van der Waals surface area contributed by atoms with Gasteiger partial charge in [-0.15, -0.1) is 5.10 Å². The molecular formula is C13H25N5OS. The van der Waals surface area contributed by atoms with Gasteiger partial charge in [0, 0.05) is 25.5 Å². The molecule has 0 spiro atoms. The number of nitrogens with zero attached hydrogens (tertiary/aromatic N) is 4. The molecule has 0 saturated heterocycles. The zero-order chi connectivity index (χ0) is 14.0. The minimum absolute atomic E-state index is 0.520. The van der Waals surface area contributed by atoms with Gasteiger partial charge in [0.25, 0.3) is 0 Å². The fourth-order valence-corrected chi connectivity index (χ4v) is 3.28. The minimum Gasteiger partial charge on any atom is -0.382 e. The Bertz CT molecular complexity index is 367. The summed E-state index contributed by atoms with van der Waals surface area (Å²) in [5.74, 6) is 1.00. The first-order valence-electron chi connectivity index (χ1n) is 7.61. The van der Waals surface area contributed by atoms with Crippen LogP contribution in [0.4, 0.5) is 0 Å². The SMILES string of the molecule is CCOCCCNCCSc1nnnn1C1CCCC1. The van der Waals surface area contributed by atoms with Crippen LogP contribution in [0.25, 0.3) is 0 Å². The lowest BCUT2D eigenvalue weighted by Crippen LogP contribution is -2.20. The zero-order valence-corrected chi connectivity index (χ0v) is 13.1. The van der Waals surface area contributed by atoms with Gasteiger partial charge in [-0.1, -0.05) is 24.6 Å². The monoisotopic (exact) mass is 299 g/mol. The number of hydrogen-bond acceptors (Lipinski definition) is 6. The lowest BCUT2D eigenvalue weighted by atomic mass is 10.3. The van der Waals surface area contributed by atoms with Crippen molar-refractivity contribution < 1.29 is 4.74 Å². The standard InChI is InChI=1S/C13H25N5OS/c1-2-19-10-5-8-14-9-11-20-13-15-16-17-18(13)12-6-3-4-7-12/h12,14H,2-11H2,1H3. The number of thioether (sulfide) groups is 1. The maximum absolute atomic E-state index is 5.30. The molecule has 1 aliphatic carbocycles. The zero-order valence-electron chi connectivity index (χ0n) is 12.3. The summed E-state index contributed by atoms with van der Waals surface area (Å²) in [4.78, 5) is 0. The first-order valence-corrected chi connectivity index (χ1v) is 8.59. The summed E-state index contributed by atoms with van der Waals surface area (Å²) in [6.07, 6.45) is 6.10. The van der Waals surface area contributed by atoms with Crippen molar-refractivity contribution in [1.29, 1.82) is 0 Å². The maximum atomic E-state index is 5.30. The highest BCUT2D eigenvalue weighted by molar-refractivity contribution is 7.99. The smallest absolute Gasteiger partial charge is 0.209 e. The van der Waals surface area contributed by atoms with E-state index in [9.17, 15) is 0 Å². The molecule has 1 heterocycles. The topological polar surface area (TPSA) is 64.9 Å². The first kappa shape index (κ1) is 15.7. The second kappa shape index (κ2) is 9.31. The molecule has 2 rings (SSSR count). The summed E-state index contributed by atoms with van der Waals surface area (Å²) < 4.78 is 7.32. The van der Waals surface area contributed by atoms with Crippen LogP contribution in [0.3, 0.4) is 0 Å². The molecule has 0 unspecified atom stereocenters. The largest absolute Gasteiger partial charge is 0.382 e. The molecule has 0 amide bonds. The summed E-state index contributed by atoms with van der Waals surface area (Å²) in [6.45, 7) is 5.66. The number of nitrogens with one attached hydrogen (secondary N) is 1. The summed E-state index contributed by atoms with van der Waals surface area (Å²) >= 11 is 1.74. The van der Waals surface area contributed by atoms with Gasteiger partial charge in [0.05, 0.1) is 6.04 Å². The second-order valence-corrected chi connectivity index (χ2v) is 6.06. The normalized spacial score (nSPS) is 16.1. The van der Waals surface area contributed by atoms with Crippen LogP contribution in [0.15, 0.2) is 5.16 Å². The molecule has 0 aromatic carbocycles. The predicted octanol–water partition coefficient (Wildman–Crippen LogP) is 1.90. The molecular weight excluding hydrogens is 274 g/mol. The Hall–Kier alpha value is -0.660. The average Bonchev–Trinajstić information content (AvgIpc) is 3.11. The fourth-order valence-electron chi connectivity index (χ4n) is 2.44. The van der Waals surface area contributed by atoms with Gasteiger partial charge in [-0.25, -0.2) is 4.68 Å². The summed E-state index contributed by atoms with van der Waals surface area (Å²) in [5.41, 5.74) is 0. The van der Waals surface area contributed by atoms with E-state index in [4.69, 9.17) is 4.74 Å². The van der Waals surface area contributed by atoms with Gasteiger partial charge in [-0.2, -0.15) is 0 Å². The van der Waals surface area contributed by atoms with E-state index in [-0.39, 0.29) is 0 Å². The lowest BCUT2D eigenvalue weighted by Gasteiger charge is -2.10. The molecule has 1 aliphatic rings. The van der Waals surface area contributed by atoms with Crippen LogP contribution < -0.4 is 5.32 Å². The van der Waals surface area contributed by atoms with Crippen molar-refractivity contribution in [1.82, 2.24) is 25.5 Å². The third kappa shape index (κ3) is 5.03. The molecule has 1 fully saturated rings. The predicted molar refractivity (Wildman–Crippen MR) is 80.0 cm³/mol. The Morgan fingerprint density at radius 2 is 2.20 bits per heavy atom. The minimum atomic E-state index is 0.520. The molecule has 0 atom stereocenters. The highest BCUT2D eigenvalue weighted by Crippen LogP contribution is 2.31. The Labute approximate surface area is 125 Å². The third-order valence-corrected chi connectivity index (χ3v) is 4.42. The molecule has 1 N–H and O–H groups in total. The van der Waals surface area contributed by atoms with Crippen molar-refractivity contribution in [3.05, 3.63) is 0 Å². The highest BCUT2D eigenvalue weighted by atomic mass is 32.2. The molecule has 114 valence electrons. The van der Waals surface area contributed by atoms with E-state index in [1.165, 1.54) is 25.7 Å². The number of rotatable bonds is 10. The van der Waals surface area contributed by atoms with Crippen molar-refractivity contribution in [2.24, 2.45) is 0 Å². The van der Waals surface area contributed by atoms with E-state index in [1.807, 2.05) is 11.6 Å². The van der Waals surface area contributed by atoms with Crippen LogP contribution in [0.2, 0.25) is 0 Å². The molecule has 1 aromatic rings. The van der Waals surface area contributed by atoms with Gasteiger partial charge in [-0.05, 0) is 43.2 Å². The fraction of sp³-hybridized carbons (Fsp3) is 0.923. The Kier molecular flexibility index (Phi) is 7.32. The van der Waals surface area contributed by atoms with Crippen molar-refractivity contribution in [2.45, 2.75) is 50.2 Å². The third-order valence-electron chi connectivity index (χ3n) is 3.49. The van der Waals surface area contributed by atoms with E-state index < -0.39 is 0 Å². The van der Waals surface area contributed by atoms with Crippen LogP contribution in [0.1, 0.15) is 45.1 Å². The Balaban J connectivity index is 1.59. The molecule has 7 heteroatoms. The van der Waals surface area contributed by atoms with Crippen LogP contribution in [0, 0.1) is 0 Å². The van der Waals surface area contributed by atoms with E-state index >= 15 is 0 Å². The van der Waals surface area contributed by atoms with Crippen LogP contribution in [-0.2, 0) is 4.74 Å². The lowest BCUT2D eigenvalue weighted by molar-refractivity contribution is 0.145. The van der Waals surface area contributed by atoms with E-state index in [1.54, 1.807) is 11.8 Å². The molecule has 0 aliphatic heterocycles. The number of hydrogen-bond donors (Lipinski definition) is 1. The number of ether oxygens (including phenoxy) is 1. The summed E-state index contributed by atoms with van der Waals surface area (Å²) in [7, 11) is 0.